The van der Waals surface area contributed by atoms with Crippen LogP contribution >= 0.6 is 0 Å². The van der Waals surface area contributed by atoms with Gasteiger partial charge in [-0.25, -0.2) is 4.79 Å². The number of amides is 1. The summed E-state index contributed by atoms with van der Waals surface area (Å²) in [6.45, 7) is 3.95. The van der Waals surface area contributed by atoms with Gasteiger partial charge in [-0.3, -0.25) is 18.7 Å². The van der Waals surface area contributed by atoms with Crippen LogP contribution in [-0.2, 0) is 24.3 Å². The lowest BCUT2D eigenvalue weighted by Gasteiger charge is -2.15. The summed E-state index contributed by atoms with van der Waals surface area (Å²) in [5, 5.41) is 2.88. The first-order valence-corrected chi connectivity index (χ1v) is 10.1. The molecule has 6 nitrogen and oxygen atoms in total. The molecule has 2 aromatic carbocycles. The largest absolute Gasteiger partial charge is 0.352 e. The second kappa shape index (κ2) is 9.87. The Labute approximate surface area is 175 Å². The van der Waals surface area contributed by atoms with Gasteiger partial charge in [0.1, 0.15) is 6.54 Å². The van der Waals surface area contributed by atoms with Crippen molar-refractivity contribution in [2.24, 2.45) is 0 Å². The Kier molecular flexibility index (Phi) is 7.01. The Hall–Kier alpha value is -3.41. The number of hydrogen-bond donors (Lipinski definition) is 1. The topological polar surface area (TPSA) is 73.1 Å². The van der Waals surface area contributed by atoms with Gasteiger partial charge in [-0.15, -0.1) is 0 Å². The maximum Gasteiger partial charge on any atom is 0.331 e. The van der Waals surface area contributed by atoms with Crippen molar-refractivity contribution < 1.29 is 4.79 Å². The molecule has 0 radical (unpaired) electrons. The second-order valence-corrected chi connectivity index (χ2v) is 7.57. The van der Waals surface area contributed by atoms with Crippen molar-refractivity contribution in [3.63, 3.8) is 0 Å². The number of carbonyl (C=O) groups excluding carboxylic acids is 1. The molecule has 6 heteroatoms. The Balaban J connectivity index is 1.65. The Morgan fingerprint density at radius 1 is 1.00 bits per heavy atom. The van der Waals surface area contributed by atoms with Crippen LogP contribution in [-0.4, -0.2) is 21.1 Å². The van der Waals surface area contributed by atoms with Crippen molar-refractivity contribution in [1.29, 1.82) is 0 Å². The second-order valence-electron chi connectivity index (χ2n) is 7.57. The summed E-state index contributed by atoms with van der Waals surface area (Å²) >= 11 is 0. The van der Waals surface area contributed by atoms with E-state index < -0.39 is 11.2 Å². The zero-order valence-electron chi connectivity index (χ0n) is 17.4. The van der Waals surface area contributed by atoms with Gasteiger partial charge >= 0.3 is 5.69 Å². The van der Waals surface area contributed by atoms with Crippen molar-refractivity contribution in [1.82, 2.24) is 14.5 Å². The molecule has 0 spiro atoms. The van der Waals surface area contributed by atoms with Crippen LogP contribution in [0.2, 0.25) is 0 Å². The van der Waals surface area contributed by atoms with Crippen molar-refractivity contribution in [3.8, 4) is 0 Å². The van der Waals surface area contributed by atoms with E-state index in [2.05, 4.69) is 17.4 Å². The molecule has 1 atom stereocenters. The van der Waals surface area contributed by atoms with Crippen LogP contribution in [0.25, 0.3) is 0 Å². The molecule has 0 saturated carbocycles. The zero-order chi connectivity index (χ0) is 21.5. The molecule has 156 valence electrons. The molecule has 0 bridgehead atoms. The summed E-state index contributed by atoms with van der Waals surface area (Å²) in [4.78, 5) is 37.4. The van der Waals surface area contributed by atoms with E-state index in [0.29, 0.717) is 6.54 Å². The first-order chi connectivity index (χ1) is 14.4. The lowest BCUT2D eigenvalue weighted by Crippen LogP contribution is -2.44. The van der Waals surface area contributed by atoms with E-state index in [1.165, 1.54) is 22.4 Å². The summed E-state index contributed by atoms with van der Waals surface area (Å²) in [7, 11) is 0. The Morgan fingerprint density at radius 2 is 1.70 bits per heavy atom. The highest BCUT2D eigenvalue weighted by Gasteiger charge is 2.13. The molecule has 30 heavy (non-hydrogen) atoms. The number of rotatable bonds is 8. The first kappa shape index (κ1) is 21.3. The van der Waals surface area contributed by atoms with Crippen LogP contribution in [0.3, 0.4) is 0 Å². The maximum absolute atomic E-state index is 12.8. The average molecular weight is 405 g/mol. The smallest absolute Gasteiger partial charge is 0.331 e. The van der Waals surface area contributed by atoms with E-state index in [1.54, 1.807) is 0 Å². The fourth-order valence-electron chi connectivity index (χ4n) is 3.36. The lowest BCUT2D eigenvalue weighted by atomic mass is 10.1. The minimum atomic E-state index is -0.488. The number of benzene rings is 2. The minimum absolute atomic E-state index is 0.0636. The summed E-state index contributed by atoms with van der Waals surface area (Å²) in [5.74, 6) is -0.344. The summed E-state index contributed by atoms with van der Waals surface area (Å²) < 4.78 is 2.44. The van der Waals surface area contributed by atoms with E-state index in [4.69, 9.17) is 0 Å². The predicted octanol–water partition coefficient (Wildman–Crippen LogP) is 2.50. The van der Waals surface area contributed by atoms with E-state index in [1.807, 2.05) is 56.3 Å². The highest BCUT2D eigenvalue weighted by Crippen LogP contribution is 2.08. The molecule has 1 aromatic heterocycles. The Morgan fingerprint density at radius 3 is 2.43 bits per heavy atom. The molecular weight excluding hydrogens is 378 g/mol. The van der Waals surface area contributed by atoms with Crippen molar-refractivity contribution in [2.45, 2.75) is 45.8 Å². The standard InChI is InChI=1S/C24H27N3O3/c1-18-8-6-7-11-21(18)16-26-15-14-23(29)27(24(26)30)17-22(28)25-19(2)12-13-20-9-4-3-5-10-20/h3-11,14-15,19H,12-13,16-17H2,1-2H3,(H,25,28)/t19-/m0/s1. The van der Waals surface area contributed by atoms with E-state index >= 15 is 0 Å². The SMILES string of the molecule is Cc1ccccc1Cn1ccc(=O)n(CC(=O)N[C@@H](C)CCc2ccccc2)c1=O. The van der Waals surface area contributed by atoms with E-state index in [0.717, 1.165) is 28.5 Å². The maximum atomic E-state index is 12.8. The first-order valence-electron chi connectivity index (χ1n) is 10.1. The van der Waals surface area contributed by atoms with Gasteiger partial charge in [0.25, 0.3) is 5.56 Å². The quantitative estimate of drug-likeness (QED) is 0.626. The molecule has 1 heterocycles. The summed E-state index contributed by atoms with van der Waals surface area (Å²) in [6.07, 6.45) is 3.10. The van der Waals surface area contributed by atoms with Crippen LogP contribution in [0.15, 0.2) is 76.4 Å². The molecule has 0 aliphatic rings. The van der Waals surface area contributed by atoms with Crippen LogP contribution in [0, 0.1) is 6.92 Å². The molecule has 0 aliphatic heterocycles. The molecule has 0 saturated heterocycles. The van der Waals surface area contributed by atoms with Crippen molar-refractivity contribution in [3.05, 3.63) is 104 Å². The Bertz CT molecular complexity index is 1120. The van der Waals surface area contributed by atoms with Gasteiger partial charge in [0.05, 0.1) is 6.54 Å². The summed E-state index contributed by atoms with van der Waals surface area (Å²) in [5.41, 5.74) is 2.29. The molecule has 1 amide bonds. The van der Waals surface area contributed by atoms with Gasteiger partial charge in [-0.1, -0.05) is 54.6 Å². The fraction of sp³-hybridized carbons (Fsp3) is 0.292. The molecule has 0 fully saturated rings. The summed E-state index contributed by atoms with van der Waals surface area (Å²) in [6, 6.07) is 19.1. The zero-order valence-corrected chi connectivity index (χ0v) is 17.4. The molecule has 0 unspecified atom stereocenters. The van der Waals surface area contributed by atoms with Crippen molar-refractivity contribution in [2.75, 3.05) is 0 Å². The minimum Gasteiger partial charge on any atom is -0.352 e. The van der Waals surface area contributed by atoms with Gasteiger partial charge in [0.2, 0.25) is 5.91 Å². The fourth-order valence-corrected chi connectivity index (χ4v) is 3.36. The monoisotopic (exact) mass is 405 g/mol. The van der Waals surface area contributed by atoms with Gasteiger partial charge in [-0.2, -0.15) is 0 Å². The van der Waals surface area contributed by atoms with Gasteiger partial charge in [0.15, 0.2) is 0 Å². The molecule has 3 rings (SSSR count). The predicted molar refractivity (Wildman–Crippen MR) is 118 cm³/mol. The van der Waals surface area contributed by atoms with E-state index in [9.17, 15) is 14.4 Å². The third-order valence-corrected chi connectivity index (χ3v) is 5.16. The average Bonchev–Trinajstić information content (AvgIpc) is 2.74. The highest BCUT2D eigenvalue weighted by atomic mass is 16.2. The number of aryl methyl sites for hydroxylation is 2. The van der Waals surface area contributed by atoms with Crippen LogP contribution in [0.1, 0.15) is 30.0 Å². The molecule has 3 aromatic rings. The van der Waals surface area contributed by atoms with Crippen LogP contribution in [0.5, 0.6) is 0 Å². The number of nitrogens with zero attached hydrogens (tertiary/aromatic N) is 2. The van der Waals surface area contributed by atoms with Crippen LogP contribution < -0.4 is 16.6 Å². The highest BCUT2D eigenvalue weighted by molar-refractivity contribution is 5.75. The van der Waals surface area contributed by atoms with Gasteiger partial charge in [0, 0.05) is 18.3 Å². The number of aromatic nitrogens is 2. The third-order valence-electron chi connectivity index (χ3n) is 5.16. The van der Waals surface area contributed by atoms with Gasteiger partial charge < -0.3 is 5.32 Å². The number of hydrogen-bond acceptors (Lipinski definition) is 3. The third kappa shape index (κ3) is 5.56. The number of carbonyl (C=O) groups is 1. The molecular formula is C24H27N3O3. The molecule has 0 aliphatic carbocycles. The van der Waals surface area contributed by atoms with E-state index in [-0.39, 0.29) is 18.5 Å². The lowest BCUT2D eigenvalue weighted by molar-refractivity contribution is -0.122. The van der Waals surface area contributed by atoms with Crippen molar-refractivity contribution >= 4 is 5.91 Å². The van der Waals surface area contributed by atoms with Crippen LogP contribution in [0.4, 0.5) is 0 Å². The normalized spacial score (nSPS) is 11.8. The van der Waals surface area contributed by atoms with Gasteiger partial charge in [-0.05, 0) is 43.4 Å². The number of nitrogens with one attached hydrogen (secondary N) is 1. The molecule has 1 N–H and O–H groups in total.